The first-order chi connectivity index (χ1) is 11.1. The van der Waals surface area contributed by atoms with Crippen molar-refractivity contribution in [2.24, 2.45) is 7.05 Å². The van der Waals surface area contributed by atoms with E-state index in [0.717, 1.165) is 21.5 Å². The third-order valence-corrected chi connectivity index (χ3v) is 3.66. The third kappa shape index (κ3) is 2.98. The minimum Gasteiger partial charge on any atom is -0.349 e. The normalized spacial score (nSPS) is 10.9. The summed E-state index contributed by atoms with van der Waals surface area (Å²) in [6.07, 6.45) is 0. The maximum atomic E-state index is 12.1. The summed E-state index contributed by atoms with van der Waals surface area (Å²) in [5.74, 6) is 0.600. The average molecular weight is 311 g/mol. The largest absolute Gasteiger partial charge is 0.349 e. The molecule has 1 aromatic carbocycles. The topological polar surface area (TPSA) is 81.8 Å². The summed E-state index contributed by atoms with van der Waals surface area (Å²) in [4.78, 5) is 27.8. The van der Waals surface area contributed by atoms with Gasteiger partial charge in [-0.1, -0.05) is 12.1 Å². The molecule has 3 aromatic rings. The van der Waals surface area contributed by atoms with E-state index in [1.807, 2.05) is 31.2 Å². The zero-order valence-electron chi connectivity index (χ0n) is 13.0. The molecule has 3 rings (SSSR count). The van der Waals surface area contributed by atoms with Crippen LogP contribution in [0.25, 0.3) is 11.0 Å². The number of carbonyl (C=O) groups excluding carboxylic acids is 1. The molecule has 0 aliphatic heterocycles. The summed E-state index contributed by atoms with van der Waals surface area (Å²) in [5.41, 5.74) is 1.96. The maximum absolute atomic E-state index is 12.1. The lowest BCUT2D eigenvalue weighted by molar-refractivity contribution is 0.0945. The van der Waals surface area contributed by atoms with Crippen molar-refractivity contribution in [2.45, 2.75) is 13.5 Å². The zero-order valence-corrected chi connectivity index (χ0v) is 13.0. The molecule has 0 saturated heterocycles. The van der Waals surface area contributed by atoms with Crippen LogP contribution in [0.1, 0.15) is 16.3 Å². The van der Waals surface area contributed by atoms with E-state index in [2.05, 4.69) is 20.0 Å². The molecule has 0 aliphatic carbocycles. The SMILES string of the molecule is Cc1nc2ccccc2n1CCNC(=O)c1ccc(=O)n(C)n1. The van der Waals surface area contributed by atoms with E-state index in [1.54, 1.807) is 0 Å². The number of rotatable bonds is 4. The lowest BCUT2D eigenvalue weighted by Crippen LogP contribution is -2.30. The van der Waals surface area contributed by atoms with Gasteiger partial charge in [0, 0.05) is 26.2 Å². The van der Waals surface area contributed by atoms with Gasteiger partial charge in [-0.15, -0.1) is 0 Å². The Morgan fingerprint density at radius 3 is 2.78 bits per heavy atom. The van der Waals surface area contributed by atoms with Gasteiger partial charge < -0.3 is 9.88 Å². The summed E-state index contributed by atoms with van der Waals surface area (Å²) in [5, 5.41) is 6.74. The van der Waals surface area contributed by atoms with Crippen LogP contribution in [-0.2, 0) is 13.6 Å². The zero-order chi connectivity index (χ0) is 16.4. The van der Waals surface area contributed by atoms with Gasteiger partial charge in [0.1, 0.15) is 11.5 Å². The average Bonchev–Trinajstić information content (AvgIpc) is 2.86. The minimum atomic E-state index is -0.303. The molecule has 2 aromatic heterocycles. The Kier molecular flexibility index (Phi) is 3.92. The van der Waals surface area contributed by atoms with Crippen molar-refractivity contribution < 1.29 is 4.79 Å². The van der Waals surface area contributed by atoms with Gasteiger partial charge >= 0.3 is 0 Å². The van der Waals surface area contributed by atoms with E-state index < -0.39 is 0 Å². The molecule has 0 bridgehead atoms. The third-order valence-electron chi connectivity index (χ3n) is 3.66. The Hall–Kier alpha value is -2.96. The number of nitrogens with zero attached hydrogens (tertiary/aromatic N) is 4. The molecule has 1 amide bonds. The van der Waals surface area contributed by atoms with E-state index >= 15 is 0 Å². The molecule has 7 nitrogen and oxygen atoms in total. The molecule has 0 fully saturated rings. The number of amides is 1. The highest BCUT2D eigenvalue weighted by Gasteiger charge is 2.10. The molecule has 23 heavy (non-hydrogen) atoms. The van der Waals surface area contributed by atoms with Gasteiger partial charge in [-0.3, -0.25) is 9.59 Å². The Morgan fingerprint density at radius 2 is 2.00 bits per heavy atom. The molecule has 118 valence electrons. The number of para-hydroxylation sites is 2. The fraction of sp³-hybridized carbons (Fsp3) is 0.250. The number of benzene rings is 1. The number of aromatic nitrogens is 4. The molecular formula is C16H17N5O2. The fourth-order valence-electron chi connectivity index (χ4n) is 2.47. The van der Waals surface area contributed by atoms with Crippen molar-refractivity contribution in [3.8, 4) is 0 Å². The van der Waals surface area contributed by atoms with E-state index in [-0.39, 0.29) is 17.2 Å². The van der Waals surface area contributed by atoms with Gasteiger partial charge in [0.05, 0.1) is 11.0 Å². The molecule has 0 atom stereocenters. The number of carbonyl (C=O) groups is 1. The first-order valence-corrected chi connectivity index (χ1v) is 7.30. The summed E-state index contributed by atoms with van der Waals surface area (Å²) in [7, 11) is 1.51. The smallest absolute Gasteiger partial charge is 0.271 e. The second-order valence-electron chi connectivity index (χ2n) is 5.24. The monoisotopic (exact) mass is 311 g/mol. The predicted molar refractivity (Wildman–Crippen MR) is 86.3 cm³/mol. The van der Waals surface area contributed by atoms with Crippen molar-refractivity contribution in [2.75, 3.05) is 6.54 Å². The highest BCUT2D eigenvalue weighted by molar-refractivity contribution is 5.91. The van der Waals surface area contributed by atoms with Gasteiger partial charge in [0.25, 0.3) is 11.5 Å². The van der Waals surface area contributed by atoms with Crippen LogP contribution in [0.15, 0.2) is 41.2 Å². The van der Waals surface area contributed by atoms with Crippen LogP contribution in [0, 0.1) is 6.92 Å². The van der Waals surface area contributed by atoms with Crippen LogP contribution in [0.4, 0.5) is 0 Å². The lowest BCUT2D eigenvalue weighted by atomic mass is 10.3. The second-order valence-corrected chi connectivity index (χ2v) is 5.24. The van der Waals surface area contributed by atoms with Crippen LogP contribution < -0.4 is 10.9 Å². The van der Waals surface area contributed by atoms with Crippen molar-refractivity contribution >= 4 is 16.9 Å². The highest BCUT2D eigenvalue weighted by Crippen LogP contribution is 2.14. The van der Waals surface area contributed by atoms with E-state index in [9.17, 15) is 9.59 Å². The first-order valence-electron chi connectivity index (χ1n) is 7.30. The predicted octanol–water partition coefficient (Wildman–Crippen LogP) is 0.868. The number of hydrogen-bond acceptors (Lipinski definition) is 4. The molecule has 0 aliphatic rings. The standard InChI is InChI=1S/C16H17N5O2/c1-11-18-12-5-3-4-6-14(12)21(11)10-9-17-16(23)13-7-8-15(22)20(2)19-13/h3-8H,9-10H2,1-2H3,(H,17,23). The maximum Gasteiger partial charge on any atom is 0.271 e. The quantitative estimate of drug-likeness (QED) is 0.775. The lowest BCUT2D eigenvalue weighted by Gasteiger charge is -2.08. The molecule has 0 spiro atoms. The highest BCUT2D eigenvalue weighted by atomic mass is 16.2. The molecule has 0 radical (unpaired) electrons. The van der Waals surface area contributed by atoms with Gasteiger partial charge in [-0.2, -0.15) is 5.10 Å². The van der Waals surface area contributed by atoms with Gasteiger partial charge in [-0.25, -0.2) is 9.67 Å². The molecule has 0 unspecified atom stereocenters. The number of aryl methyl sites for hydroxylation is 2. The van der Waals surface area contributed by atoms with Crippen molar-refractivity contribution in [1.29, 1.82) is 0 Å². The van der Waals surface area contributed by atoms with Crippen LogP contribution >= 0.6 is 0 Å². The summed E-state index contributed by atoms with van der Waals surface area (Å²) in [6, 6.07) is 10.6. The molecule has 0 saturated carbocycles. The van der Waals surface area contributed by atoms with Crippen molar-refractivity contribution in [1.82, 2.24) is 24.6 Å². The molecule has 1 N–H and O–H groups in total. The number of fused-ring (bicyclic) bond motifs is 1. The van der Waals surface area contributed by atoms with E-state index in [1.165, 1.54) is 19.2 Å². The van der Waals surface area contributed by atoms with Gasteiger partial charge in [0.15, 0.2) is 0 Å². The molecule has 2 heterocycles. The summed E-state index contributed by atoms with van der Waals surface area (Å²) < 4.78 is 3.20. The van der Waals surface area contributed by atoms with Gasteiger partial charge in [0.2, 0.25) is 0 Å². The second kappa shape index (κ2) is 6.04. The van der Waals surface area contributed by atoms with Crippen LogP contribution in [0.2, 0.25) is 0 Å². The van der Waals surface area contributed by atoms with E-state index in [4.69, 9.17) is 0 Å². The van der Waals surface area contributed by atoms with E-state index in [0.29, 0.717) is 13.1 Å². The van der Waals surface area contributed by atoms with Crippen LogP contribution in [-0.4, -0.2) is 31.8 Å². The number of nitrogens with one attached hydrogen (secondary N) is 1. The Balaban J connectivity index is 1.68. The molecule has 7 heteroatoms. The number of imidazole rings is 1. The fourth-order valence-corrected chi connectivity index (χ4v) is 2.47. The Labute approximate surface area is 132 Å². The van der Waals surface area contributed by atoms with Gasteiger partial charge in [-0.05, 0) is 25.1 Å². The molecular weight excluding hydrogens is 294 g/mol. The Bertz CT molecular complexity index is 926. The van der Waals surface area contributed by atoms with Crippen LogP contribution in [0.3, 0.4) is 0 Å². The number of hydrogen-bond donors (Lipinski definition) is 1. The Morgan fingerprint density at radius 1 is 1.22 bits per heavy atom. The summed E-state index contributed by atoms with van der Waals surface area (Å²) >= 11 is 0. The van der Waals surface area contributed by atoms with Crippen LogP contribution in [0.5, 0.6) is 0 Å². The van der Waals surface area contributed by atoms with Crippen molar-refractivity contribution in [3.63, 3.8) is 0 Å². The minimum absolute atomic E-state index is 0.222. The first kappa shape index (κ1) is 15.0. The summed E-state index contributed by atoms with van der Waals surface area (Å²) in [6.45, 7) is 3.00. The van der Waals surface area contributed by atoms with Crippen molar-refractivity contribution in [3.05, 3.63) is 58.3 Å².